The second-order valence-corrected chi connectivity index (χ2v) is 3.85. The van der Waals surface area contributed by atoms with Crippen molar-refractivity contribution >= 4 is 23.1 Å². The summed E-state index contributed by atoms with van der Waals surface area (Å²) in [4.78, 5) is 4.20. The summed E-state index contributed by atoms with van der Waals surface area (Å²) >= 11 is 3.55. The van der Waals surface area contributed by atoms with Gasteiger partial charge in [0.25, 0.3) is 0 Å². The average molecular weight is 159 g/mol. The lowest BCUT2D eigenvalue weighted by Gasteiger charge is -1.81. The Balaban J connectivity index is 2.74. The molecular weight excluding hydrogens is 150 g/mol. The molecule has 0 saturated heterocycles. The van der Waals surface area contributed by atoms with Crippen LogP contribution in [0.5, 0.6) is 0 Å². The molecule has 1 nitrogen and oxygen atoms in total. The molecule has 1 aromatic rings. The first kappa shape index (κ1) is 7.09. The highest BCUT2D eigenvalue weighted by atomic mass is 32.2. The highest BCUT2D eigenvalue weighted by Crippen LogP contribution is 2.22. The van der Waals surface area contributed by atoms with Gasteiger partial charge in [-0.25, -0.2) is 4.98 Å². The minimum Gasteiger partial charge on any atom is -0.249 e. The van der Waals surface area contributed by atoms with E-state index in [4.69, 9.17) is 0 Å². The lowest BCUT2D eigenvalue weighted by atomic mass is 10.5. The molecule has 0 aliphatic heterocycles. The third-order valence-electron chi connectivity index (χ3n) is 1.04. The maximum atomic E-state index is 4.20. The van der Waals surface area contributed by atoms with Crippen LogP contribution in [-0.2, 0) is 6.42 Å². The molecule has 1 aromatic heterocycles. The van der Waals surface area contributed by atoms with E-state index in [0.717, 1.165) is 6.42 Å². The molecule has 0 fully saturated rings. The Kier molecular flexibility index (Phi) is 2.54. The first-order chi connectivity index (χ1) is 4.36. The second kappa shape index (κ2) is 3.22. The van der Waals surface area contributed by atoms with E-state index in [2.05, 4.69) is 18.2 Å². The molecule has 0 saturated carbocycles. The summed E-state index contributed by atoms with van der Waals surface area (Å²) < 4.78 is 1.31. The number of hydrogen-bond donors (Lipinski definition) is 0. The first-order valence-electron chi connectivity index (χ1n) is 2.85. The molecule has 1 rings (SSSR count). The van der Waals surface area contributed by atoms with Crippen molar-refractivity contribution in [2.45, 2.75) is 17.6 Å². The highest BCUT2D eigenvalue weighted by Gasteiger charge is 1.95. The number of hydrogen-bond acceptors (Lipinski definition) is 3. The molecule has 0 atom stereocenters. The Morgan fingerprint density at radius 2 is 2.56 bits per heavy atom. The van der Waals surface area contributed by atoms with Crippen LogP contribution < -0.4 is 0 Å². The Morgan fingerprint density at radius 3 is 2.89 bits per heavy atom. The molecule has 3 heteroatoms. The molecule has 9 heavy (non-hydrogen) atoms. The quantitative estimate of drug-likeness (QED) is 0.615. The number of thiazole rings is 1. The summed E-state index contributed by atoms with van der Waals surface area (Å²) in [6.07, 6.45) is 5.08. The Hall–Kier alpha value is -0.0200. The Labute approximate surface area is 63.5 Å². The number of aryl methyl sites for hydroxylation is 1. The average Bonchev–Trinajstić information content (AvgIpc) is 2.34. The van der Waals surface area contributed by atoms with Gasteiger partial charge in [-0.3, -0.25) is 0 Å². The number of nitrogens with zero attached hydrogens (tertiary/aromatic N) is 1. The van der Waals surface area contributed by atoms with Crippen LogP contribution in [-0.4, -0.2) is 11.2 Å². The zero-order chi connectivity index (χ0) is 6.69. The molecule has 0 unspecified atom stereocenters. The van der Waals surface area contributed by atoms with Crippen molar-refractivity contribution in [2.24, 2.45) is 0 Å². The lowest BCUT2D eigenvalue weighted by Crippen LogP contribution is -1.70. The zero-order valence-electron chi connectivity index (χ0n) is 5.55. The van der Waals surface area contributed by atoms with Crippen LogP contribution in [0.3, 0.4) is 0 Å². The van der Waals surface area contributed by atoms with Gasteiger partial charge in [0.15, 0.2) is 0 Å². The van der Waals surface area contributed by atoms with Crippen molar-refractivity contribution in [3.8, 4) is 0 Å². The number of rotatable bonds is 2. The Morgan fingerprint density at radius 1 is 1.78 bits per heavy atom. The van der Waals surface area contributed by atoms with Gasteiger partial charge in [-0.15, -0.1) is 23.1 Å². The van der Waals surface area contributed by atoms with Crippen molar-refractivity contribution in [3.63, 3.8) is 0 Å². The summed E-state index contributed by atoms with van der Waals surface area (Å²) in [5.74, 6) is 0. The predicted octanol–water partition coefficient (Wildman–Crippen LogP) is 2.43. The SMILES string of the molecule is CCc1ncc(SC)s1. The van der Waals surface area contributed by atoms with Gasteiger partial charge in [-0.2, -0.15) is 0 Å². The fourth-order valence-corrected chi connectivity index (χ4v) is 1.92. The maximum absolute atomic E-state index is 4.20. The molecule has 0 amide bonds. The summed E-state index contributed by atoms with van der Waals surface area (Å²) in [6, 6.07) is 0. The summed E-state index contributed by atoms with van der Waals surface area (Å²) in [5, 5.41) is 1.24. The van der Waals surface area contributed by atoms with Gasteiger partial charge in [0, 0.05) is 0 Å². The fraction of sp³-hybridized carbons (Fsp3) is 0.500. The minimum atomic E-state index is 1.06. The van der Waals surface area contributed by atoms with E-state index in [-0.39, 0.29) is 0 Å². The summed E-state index contributed by atoms with van der Waals surface area (Å²) in [6.45, 7) is 2.13. The summed E-state index contributed by atoms with van der Waals surface area (Å²) in [7, 11) is 0. The molecular formula is C6H9NS2. The minimum absolute atomic E-state index is 1.06. The number of thioether (sulfide) groups is 1. The van der Waals surface area contributed by atoms with Crippen molar-refractivity contribution in [1.82, 2.24) is 4.98 Å². The van der Waals surface area contributed by atoms with Crippen LogP contribution in [0.25, 0.3) is 0 Å². The normalized spacial score (nSPS) is 10.0. The van der Waals surface area contributed by atoms with E-state index in [1.54, 1.807) is 23.1 Å². The maximum Gasteiger partial charge on any atom is 0.0933 e. The van der Waals surface area contributed by atoms with Gasteiger partial charge < -0.3 is 0 Å². The van der Waals surface area contributed by atoms with Crippen LogP contribution in [0.1, 0.15) is 11.9 Å². The number of aromatic nitrogens is 1. The van der Waals surface area contributed by atoms with Crippen LogP contribution in [0.2, 0.25) is 0 Å². The monoisotopic (exact) mass is 159 g/mol. The van der Waals surface area contributed by atoms with Crippen molar-refractivity contribution in [1.29, 1.82) is 0 Å². The third kappa shape index (κ3) is 1.69. The van der Waals surface area contributed by atoms with Gasteiger partial charge >= 0.3 is 0 Å². The van der Waals surface area contributed by atoms with Crippen LogP contribution in [0.4, 0.5) is 0 Å². The zero-order valence-corrected chi connectivity index (χ0v) is 7.18. The summed E-state index contributed by atoms with van der Waals surface area (Å²) in [5.41, 5.74) is 0. The van der Waals surface area contributed by atoms with Crippen molar-refractivity contribution in [2.75, 3.05) is 6.26 Å². The van der Waals surface area contributed by atoms with E-state index in [1.807, 2.05) is 6.20 Å². The highest BCUT2D eigenvalue weighted by molar-refractivity contribution is 8.00. The van der Waals surface area contributed by atoms with E-state index < -0.39 is 0 Å². The molecule has 0 aliphatic rings. The molecule has 0 bridgehead atoms. The van der Waals surface area contributed by atoms with Crippen LogP contribution in [0, 0.1) is 0 Å². The smallest absolute Gasteiger partial charge is 0.0933 e. The van der Waals surface area contributed by atoms with Crippen LogP contribution >= 0.6 is 23.1 Å². The molecule has 0 aliphatic carbocycles. The molecule has 1 heterocycles. The predicted molar refractivity (Wildman–Crippen MR) is 43.3 cm³/mol. The van der Waals surface area contributed by atoms with E-state index >= 15 is 0 Å². The molecule has 0 radical (unpaired) electrons. The van der Waals surface area contributed by atoms with Gasteiger partial charge in [0.1, 0.15) is 0 Å². The largest absolute Gasteiger partial charge is 0.249 e. The standard InChI is InChI=1S/C6H9NS2/c1-3-5-7-4-6(8-2)9-5/h4H,3H2,1-2H3. The van der Waals surface area contributed by atoms with Crippen molar-refractivity contribution in [3.05, 3.63) is 11.2 Å². The first-order valence-corrected chi connectivity index (χ1v) is 4.89. The van der Waals surface area contributed by atoms with Crippen LogP contribution in [0.15, 0.2) is 10.4 Å². The fourth-order valence-electron chi connectivity index (χ4n) is 0.551. The van der Waals surface area contributed by atoms with Gasteiger partial charge in [0.05, 0.1) is 15.4 Å². The third-order valence-corrected chi connectivity index (χ3v) is 3.23. The van der Waals surface area contributed by atoms with Gasteiger partial charge in [-0.05, 0) is 12.7 Å². The van der Waals surface area contributed by atoms with Gasteiger partial charge in [-0.1, -0.05) is 6.92 Å². The topological polar surface area (TPSA) is 12.9 Å². The molecule has 50 valence electrons. The second-order valence-electron chi connectivity index (χ2n) is 1.63. The van der Waals surface area contributed by atoms with E-state index in [0.29, 0.717) is 0 Å². The van der Waals surface area contributed by atoms with E-state index in [1.165, 1.54) is 9.22 Å². The molecule has 0 spiro atoms. The Bertz CT molecular complexity index is 164. The van der Waals surface area contributed by atoms with Crippen molar-refractivity contribution < 1.29 is 0 Å². The molecule has 0 aromatic carbocycles. The lowest BCUT2D eigenvalue weighted by molar-refractivity contribution is 1.09. The van der Waals surface area contributed by atoms with Gasteiger partial charge in [0.2, 0.25) is 0 Å². The van der Waals surface area contributed by atoms with E-state index in [9.17, 15) is 0 Å². The molecule has 0 N–H and O–H groups in total.